The summed E-state index contributed by atoms with van der Waals surface area (Å²) in [5, 5.41) is 7.15. The van der Waals surface area contributed by atoms with Crippen molar-refractivity contribution in [2.75, 3.05) is 19.0 Å². The smallest absolute Gasteiger partial charge is 0.265 e. The zero-order valence-corrected chi connectivity index (χ0v) is 13.0. The molecule has 1 aliphatic rings. The number of thiophene rings is 1. The van der Waals surface area contributed by atoms with Gasteiger partial charge in [-0.2, -0.15) is 5.10 Å². The maximum Gasteiger partial charge on any atom is 0.265 e. The first-order valence-electron chi connectivity index (χ1n) is 6.68. The first-order valence-corrected chi connectivity index (χ1v) is 7.50. The molecule has 1 amide bonds. The maximum atomic E-state index is 12.4. The first-order chi connectivity index (χ1) is 10.1. The second-order valence-corrected chi connectivity index (χ2v) is 6.05. The van der Waals surface area contributed by atoms with Crippen LogP contribution in [0.4, 0.5) is 5.69 Å². The van der Waals surface area contributed by atoms with Crippen molar-refractivity contribution in [3.63, 3.8) is 0 Å². The Balaban J connectivity index is 1.85. The third-order valence-corrected chi connectivity index (χ3v) is 4.69. The molecule has 0 saturated heterocycles. The number of ether oxygens (including phenoxy) is 2. The van der Waals surface area contributed by atoms with Gasteiger partial charge in [0.1, 0.15) is 5.69 Å². The molecule has 0 fully saturated rings. The second kappa shape index (κ2) is 5.50. The van der Waals surface area contributed by atoms with E-state index in [9.17, 15) is 4.79 Å². The normalized spacial score (nSPS) is 13.9. The van der Waals surface area contributed by atoms with E-state index in [1.54, 1.807) is 18.8 Å². The van der Waals surface area contributed by atoms with Gasteiger partial charge in [-0.3, -0.25) is 4.79 Å². The van der Waals surface area contributed by atoms with Crippen LogP contribution in [0.5, 0.6) is 5.88 Å². The fourth-order valence-corrected chi connectivity index (χ4v) is 3.49. The van der Waals surface area contributed by atoms with Crippen LogP contribution in [0.2, 0.25) is 0 Å². The van der Waals surface area contributed by atoms with Gasteiger partial charge >= 0.3 is 0 Å². The van der Waals surface area contributed by atoms with Gasteiger partial charge in [-0.1, -0.05) is 0 Å². The van der Waals surface area contributed by atoms with E-state index >= 15 is 0 Å². The van der Waals surface area contributed by atoms with E-state index in [2.05, 4.69) is 10.4 Å². The van der Waals surface area contributed by atoms with E-state index < -0.39 is 0 Å². The Morgan fingerprint density at radius 2 is 2.38 bits per heavy atom. The van der Waals surface area contributed by atoms with E-state index in [4.69, 9.17) is 9.47 Å². The first kappa shape index (κ1) is 14.1. The molecule has 7 heteroatoms. The molecule has 6 nitrogen and oxygen atoms in total. The van der Waals surface area contributed by atoms with Gasteiger partial charge in [0.2, 0.25) is 5.88 Å². The molecule has 0 aromatic carbocycles. The minimum absolute atomic E-state index is 0.135. The highest BCUT2D eigenvalue weighted by Gasteiger charge is 2.21. The number of aryl methyl sites for hydroxylation is 2. The third-order valence-electron chi connectivity index (χ3n) is 3.45. The molecule has 0 aliphatic carbocycles. The summed E-state index contributed by atoms with van der Waals surface area (Å²) >= 11 is 1.53. The lowest BCUT2D eigenvalue weighted by molar-refractivity contribution is 0.102. The standard InChI is InChI=1S/C14H17N3O3S/c1-8-12(14(19-3)17(2)16-8)15-13(18)11-6-9-7-20-5-4-10(9)21-11/h6H,4-5,7H2,1-3H3,(H,15,18). The molecule has 2 aromatic rings. The largest absolute Gasteiger partial charge is 0.480 e. The Kier molecular flexibility index (Phi) is 3.69. The summed E-state index contributed by atoms with van der Waals surface area (Å²) in [5.41, 5.74) is 2.46. The van der Waals surface area contributed by atoms with E-state index in [-0.39, 0.29) is 5.91 Å². The third kappa shape index (κ3) is 2.54. The van der Waals surface area contributed by atoms with E-state index in [0.717, 1.165) is 24.3 Å². The topological polar surface area (TPSA) is 65.4 Å². The number of carbonyl (C=O) groups is 1. The summed E-state index contributed by atoms with van der Waals surface area (Å²) in [6.07, 6.45) is 0.878. The summed E-state index contributed by atoms with van der Waals surface area (Å²) in [5.74, 6) is 0.411. The summed E-state index contributed by atoms with van der Waals surface area (Å²) in [6, 6.07) is 1.91. The van der Waals surface area contributed by atoms with E-state index in [1.165, 1.54) is 16.2 Å². The van der Waals surface area contributed by atoms with Crippen LogP contribution in [0, 0.1) is 6.92 Å². The average molecular weight is 307 g/mol. The van der Waals surface area contributed by atoms with Gasteiger partial charge in [-0.05, 0) is 18.6 Å². The van der Waals surface area contributed by atoms with Gasteiger partial charge in [0, 0.05) is 18.3 Å². The van der Waals surface area contributed by atoms with Crippen LogP contribution < -0.4 is 10.1 Å². The van der Waals surface area contributed by atoms with Gasteiger partial charge in [0.25, 0.3) is 5.91 Å². The van der Waals surface area contributed by atoms with Crippen LogP contribution in [-0.4, -0.2) is 29.4 Å². The molecule has 21 heavy (non-hydrogen) atoms. The van der Waals surface area contributed by atoms with Crippen LogP contribution >= 0.6 is 11.3 Å². The molecule has 3 heterocycles. The SMILES string of the molecule is COc1c(NC(=O)c2cc3c(s2)CCOC3)c(C)nn1C. The molecule has 3 rings (SSSR count). The lowest BCUT2D eigenvalue weighted by atomic mass is 10.2. The Morgan fingerprint density at radius 1 is 1.57 bits per heavy atom. The molecule has 0 radical (unpaired) electrons. The minimum atomic E-state index is -0.135. The monoisotopic (exact) mass is 307 g/mol. The number of amides is 1. The van der Waals surface area contributed by atoms with Gasteiger partial charge in [-0.15, -0.1) is 11.3 Å². The van der Waals surface area contributed by atoms with Crippen LogP contribution in [0.1, 0.15) is 25.8 Å². The average Bonchev–Trinajstić information content (AvgIpc) is 3.00. The highest BCUT2D eigenvalue weighted by molar-refractivity contribution is 7.14. The highest BCUT2D eigenvalue weighted by atomic mass is 32.1. The molecular weight excluding hydrogens is 290 g/mol. The summed E-state index contributed by atoms with van der Waals surface area (Å²) in [4.78, 5) is 14.4. The van der Waals surface area contributed by atoms with Crippen molar-refractivity contribution < 1.29 is 14.3 Å². The predicted molar refractivity (Wildman–Crippen MR) is 80.1 cm³/mol. The van der Waals surface area contributed by atoms with Crippen molar-refractivity contribution in [3.05, 3.63) is 27.1 Å². The fraction of sp³-hybridized carbons (Fsp3) is 0.429. The number of hydrogen-bond acceptors (Lipinski definition) is 5. The van der Waals surface area contributed by atoms with Gasteiger partial charge in [-0.25, -0.2) is 4.68 Å². The quantitative estimate of drug-likeness (QED) is 0.943. The van der Waals surface area contributed by atoms with Gasteiger partial charge in [0.15, 0.2) is 0 Å². The summed E-state index contributed by atoms with van der Waals surface area (Å²) in [7, 11) is 3.34. The number of anilines is 1. The molecule has 2 aromatic heterocycles. The Bertz CT molecular complexity index is 666. The number of nitrogens with zero attached hydrogens (tertiary/aromatic N) is 2. The zero-order chi connectivity index (χ0) is 15.0. The number of fused-ring (bicyclic) bond motifs is 1. The molecule has 0 saturated carbocycles. The van der Waals surface area contributed by atoms with Crippen molar-refractivity contribution in [1.82, 2.24) is 9.78 Å². The molecule has 0 atom stereocenters. The number of carbonyl (C=O) groups excluding carboxylic acids is 1. The van der Waals surface area contributed by atoms with Crippen molar-refractivity contribution in [3.8, 4) is 5.88 Å². The number of hydrogen-bond donors (Lipinski definition) is 1. The number of aromatic nitrogens is 2. The molecule has 0 bridgehead atoms. The summed E-state index contributed by atoms with van der Waals surface area (Å²) in [6.45, 7) is 3.16. The van der Waals surface area contributed by atoms with Crippen molar-refractivity contribution >= 4 is 22.9 Å². The second-order valence-electron chi connectivity index (χ2n) is 4.91. The van der Waals surface area contributed by atoms with Gasteiger partial charge in [0.05, 0.1) is 30.9 Å². The molecule has 1 N–H and O–H groups in total. The van der Waals surface area contributed by atoms with Crippen molar-refractivity contribution in [2.45, 2.75) is 20.0 Å². The predicted octanol–water partition coefficient (Wildman–Crippen LogP) is 2.12. The fourth-order valence-electron chi connectivity index (χ4n) is 2.45. The highest BCUT2D eigenvalue weighted by Crippen LogP contribution is 2.30. The minimum Gasteiger partial charge on any atom is -0.480 e. The lowest BCUT2D eigenvalue weighted by Crippen LogP contribution is -2.11. The van der Waals surface area contributed by atoms with Gasteiger partial charge < -0.3 is 14.8 Å². The number of rotatable bonds is 3. The van der Waals surface area contributed by atoms with Crippen LogP contribution in [0.15, 0.2) is 6.07 Å². The van der Waals surface area contributed by atoms with Crippen LogP contribution in [0.3, 0.4) is 0 Å². The Morgan fingerprint density at radius 3 is 3.10 bits per heavy atom. The molecule has 1 aliphatic heterocycles. The van der Waals surface area contributed by atoms with E-state index in [1.807, 2.05) is 13.0 Å². The van der Waals surface area contributed by atoms with Crippen LogP contribution in [-0.2, 0) is 24.8 Å². The molecule has 0 spiro atoms. The molecule has 112 valence electrons. The zero-order valence-electron chi connectivity index (χ0n) is 12.2. The molecular formula is C14H17N3O3S. The number of methoxy groups -OCH3 is 1. The van der Waals surface area contributed by atoms with Crippen molar-refractivity contribution in [1.29, 1.82) is 0 Å². The lowest BCUT2D eigenvalue weighted by Gasteiger charge is -2.10. The number of nitrogens with one attached hydrogen (secondary N) is 1. The maximum absolute atomic E-state index is 12.4. The summed E-state index contributed by atoms with van der Waals surface area (Å²) < 4.78 is 12.3. The Hall–Kier alpha value is -1.86. The van der Waals surface area contributed by atoms with Crippen LogP contribution in [0.25, 0.3) is 0 Å². The molecule has 0 unspecified atom stereocenters. The van der Waals surface area contributed by atoms with E-state index in [0.29, 0.717) is 23.1 Å². The van der Waals surface area contributed by atoms with Crippen molar-refractivity contribution in [2.24, 2.45) is 7.05 Å². The Labute approximate surface area is 126 Å².